The molecule has 0 aromatic heterocycles. The van der Waals surface area contributed by atoms with E-state index in [-0.39, 0.29) is 12.5 Å². The van der Waals surface area contributed by atoms with Gasteiger partial charge in [-0.2, -0.15) is 5.26 Å². The average molecular weight is 249 g/mol. The van der Waals surface area contributed by atoms with E-state index in [1.54, 1.807) is 25.3 Å². The highest BCUT2D eigenvalue weighted by Gasteiger charge is 2.06. The summed E-state index contributed by atoms with van der Waals surface area (Å²) in [5.74, 6) is 1.13. The number of carbonyl (C=O) groups is 1. The first-order valence-electron chi connectivity index (χ1n) is 5.35. The van der Waals surface area contributed by atoms with Crippen LogP contribution in [0, 0.1) is 11.3 Å². The fourth-order valence-electron chi connectivity index (χ4n) is 1.32. The van der Waals surface area contributed by atoms with E-state index in [0.717, 1.165) is 0 Å². The number of nitrogens with zero attached hydrogens (tertiary/aromatic N) is 1. The van der Waals surface area contributed by atoms with Crippen molar-refractivity contribution in [3.63, 3.8) is 0 Å². The van der Waals surface area contributed by atoms with Crippen LogP contribution in [0.15, 0.2) is 18.2 Å². The zero-order valence-corrected chi connectivity index (χ0v) is 10.3. The van der Waals surface area contributed by atoms with Crippen LogP contribution in [0.5, 0.6) is 11.5 Å². The number of benzene rings is 1. The predicted octanol–water partition coefficient (Wildman–Crippen LogP) is 1.74. The van der Waals surface area contributed by atoms with Crippen LogP contribution in [-0.4, -0.2) is 26.8 Å². The Labute approximate surface area is 106 Å². The Kier molecular flexibility index (Phi) is 5.32. The summed E-state index contributed by atoms with van der Waals surface area (Å²) in [6.07, 6.45) is 0.277. The number of amides is 2. The molecule has 6 nitrogen and oxygen atoms in total. The molecule has 18 heavy (non-hydrogen) atoms. The number of rotatable bonds is 5. The second-order valence-corrected chi connectivity index (χ2v) is 3.36. The minimum absolute atomic E-state index is 0.277. The van der Waals surface area contributed by atoms with Crippen molar-refractivity contribution in [1.29, 1.82) is 5.26 Å². The Morgan fingerprint density at radius 1 is 1.33 bits per heavy atom. The third-order valence-electron chi connectivity index (χ3n) is 2.16. The standard InChI is InChI=1S/C12H15N3O3/c1-17-10-5-4-9(8-11(10)18-2)15-12(16)14-7-3-6-13/h4-5,8H,3,7H2,1-2H3,(H2,14,15,16). The van der Waals surface area contributed by atoms with Crippen LogP contribution in [0.1, 0.15) is 6.42 Å². The molecule has 0 saturated carbocycles. The molecule has 0 radical (unpaired) electrons. The maximum atomic E-state index is 11.4. The molecule has 96 valence electrons. The number of carbonyl (C=O) groups excluding carboxylic acids is 1. The number of nitriles is 1. The van der Waals surface area contributed by atoms with Gasteiger partial charge in [-0.1, -0.05) is 0 Å². The number of urea groups is 1. The molecule has 2 N–H and O–H groups in total. The van der Waals surface area contributed by atoms with Crippen LogP contribution in [0.4, 0.5) is 10.5 Å². The fourth-order valence-corrected chi connectivity index (χ4v) is 1.32. The highest BCUT2D eigenvalue weighted by atomic mass is 16.5. The Bertz CT molecular complexity index is 454. The van der Waals surface area contributed by atoms with Crippen molar-refractivity contribution >= 4 is 11.7 Å². The molecule has 0 atom stereocenters. The third-order valence-corrected chi connectivity index (χ3v) is 2.16. The lowest BCUT2D eigenvalue weighted by Crippen LogP contribution is -2.29. The summed E-state index contributed by atoms with van der Waals surface area (Å²) < 4.78 is 10.2. The van der Waals surface area contributed by atoms with Crippen LogP contribution in [-0.2, 0) is 0 Å². The van der Waals surface area contributed by atoms with Gasteiger partial charge in [0.25, 0.3) is 0 Å². The molecule has 1 aromatic carbocycles. The summed E-state index contributed by atoms with van der Waals surface area (Å²) in [5.41, 5.74) is 0.585. The van der Waals surface area contributed by atoms with Gasteiger partial charge in [0.05, 0.1) is 26.7 Å². The number of methoxy groups -OCH3 is 2. The summed E-state index contributed by atoms with van der Waals surface area (Å²) in [6.45, 7) is 0.315. The predicted molar refractivity (Wildman–Crippen MR) is 66.8 cm³/mol. The minimum atomic E-state index is -0.363. The number of ether oxygens (including phenoxy) is 2. The van der Waals surface area contributed by atoms with E-state index in [9.17, 15) is 4.79 Å². The lowest BCUT2D eigenvalue weighted by molar-refractivity contribution is 0.252. The van der Waals surface area contributed by atoms with Crippen molar-refractivity contribution in [2.24, 2.45) is 0 Å². The largest absolute Gasteiger partial charge is 0.493 e. The van der Waals surface area contributed by atoms with Gasteiger partial charge < -0.3 is 20.1 Å². The van der Waals surface area contributed by atoms with Crippen molar-refractivity contribution < 1.29 is 14.3 Å². The van der Waals surface area contributed by atoms with Gasteiger partial charge >= 0.3 is 6.03 Å². The van der Waals surface area contributed by atoms with Gasteiger partial charge in [-0.25, -0.2) is 4.79 Å². The van der Waals surface area contributed by atoms with E-state index >= 15 is 0 Å². The molecule has 6 heteroatoms. The Hall–Kier alpha value is -2.42. The second kappa shape index (κ2) is 7.01. The molecule has 0 spiro atoms. The summed E-state index contributed by atoms with van der Waals surface area (Å²) >= 11 is 0. The first kappa shape index (κ1) is 13.6. The van der Waals surface area contributed by atoms with Crippen molar-refractivity contribution in [1.82, 2.24) is 5.32 Å². The summed E-state index contributed by atoms with van der Waals surface area (Å²) in [4.78, 5) is 11.4. The average Bonchev–Trinajstić information content (AvgIpc) is 2.39. The maximum absolute atomic E-state index is 11.4. The monoisotopic (exact) mass is 249 g/mol. The first-order valence-corrected chi connectivity index (χ1v) is 5.35. The topological polar surface area (TPSA) is 83.4 Å². The molecule has 1 aromatic rings. The van der Waals surface area contributed by atoms with E-state index in [0.29, 0.717) is 23.7 Å². The van der Waals surface area contributed by atoms with Gasteiger partial charge in [0, 0.05) is 18.3 Å². The zero-order chi connectivity index (χ0) is 13.4. The van der Waals surface area contributed by atoms with Gasteiger partial charge in [-0.3, -0.25) is 0 Å². The summed E-state index contributed by atoms with van der Waals surface area (Å²) in [5, 5.41) is 13.5. The van der Waals surface area contributed by atoms with Gasteiger partial charge in [0.15, 0.2) is 11.5 Å². The Morgan fingerprint density at radius 3 is 2.67 bits per heavy atom. The molecular formula is C12H15N3O3. The van der Waals surface area contributed by atoms with E-state index in [1.807, 2.05) is 6.07 Å². The van der Waals surface area contributed by atoms with Gasteiger partial charge in [0.2, 0.25) is 0 Å². The normalized spacial score (nSPS) is 9.17. The number of hydrogen-bond acceptors (Lipinski definition) is 4. The van der Waals surface area contributed by atoms with E-state index in [1.165, 1.54) is 7.11 Å². The lowest BCUT2D eigenvalue weighted by atomic mass is 10.3. The zero-order valence-electron chi connectivity index (χ0n) is 10.3. The molecular weight excluding hydrogens is 234 g/mol. The molecule has 1 rings (SSSR count). The van der Waals surface area contributed by atoms with Gasteiger partial charge in [-0.15, -0.1) is 0 Å². The number of hydrogen-bond donors (Lipinski definition) is 2. The number of anilines is 1. The molecule has 2 amide bonds. The maximum Gasteiger partial charge on any atom is 0.319 e. The van der Waals surface area contributed by atoms with Gasteiger partial charge in [0.1, 0.15) is 0 Å². The van der Waals surface area contributed by atoms with Crippen molar-refractivity contribution in [3.8, 4) is 17.6 Å². The molecule has 0 aliphatic carbocycles. The third kappa shape index (κ3) is 3.87. The molecule has 0 heterocycles. The van der Waals surface area contributed by atoms with Crippen molar-refractivity contribution in [2.75, 3.05) is 26.1 Å². The first-order chi connectivity index (χ1) is 8.71. The Balaban J connectivity index is 2.62. The SMILES string of the molecule is COc1ccc(NC(=O)NCCC#N)cc1OC. The van der Waals surface area contributed by atoms with E-state index in [4.69, 9.17) is 14.7 Å². The fraction of sp³-hybridized carbons (Fsp3) is 0.333. The molecule has 0 aliphatic heterocycles. The highest BCUT2D eigenvalue weighted by molar-refractivity contribution is 5.89. The molecule has 0 fully saturated rings. The summed E-state index contributed by atoms with van der Waals surface area (Å²) in [6, 6.07) is 6.63. The molecule has 0 bridgehead atoms. The number of nitrogens with one attached hydrogen (secondary N) is 2. The summed E-state index contributed by atoms with van der Waals surface area (Å²) in [7, 11) is 3.06. The molecule has 0 saturated heterocycles. The van der Waals surface area contributed by atoms with E-state index < -0.39 is 0 Å². The van der Waals surface area contributed by atoms with Crippen LogP contribution in [0.2, 0.25) is 0 Å². The quantitative estimate of drug-likeness (QED) is 0.778. The van der Waals surface area contributed by atoms with Crippen molar-refractivity contribution in [3.05, 3.63) is 18.2 Å². The van der Waals surface area contributed by atoms with Crippen molar-refractivity contribution in [2.45, 2.75) is 6.42 Å². The van der Waals surface area contributed by atoms with Gasteiger partial charge in [-0.05, 0) is 12.1 Å². The second-order valence-electron chi connectivity index (χ2n) is 3.36. The van der Waals surface area contributed by atoms with Crippen LogP contribution in [0.3, 0.4) is 0 Å². The smallest absolute Gasteiger partial charge is 0.319 e. The van der Waals surface area contributed by atoms with Crippen LogP contribution in [0.25, 0.3) is 0 Å². The Morgan fingerprint density at radius 2 is 2.06 bits per heavy atom. The van der Waals surface area contributed by atoms with Crippen LogP contribution < -0.4 is 20.1 Å². The molecule has 0 unspecified atom stereocenters. The van der Waals surface area contributed by atoms with Crippen LogP contribution >= 0.6 is 0 Å². The molecule has 0 aliphatic rings. The minimum Gasteiger partial charge on any atom is -0.493 e. The lowest BCUT2D eigenvalue weighted by Gasteiger charge is -2.10. The highest BCUT2D eigenvalue weighted by Crippen LogP contribution is 2.29. The van der Waals surface area contributed by atoms with E-state index in [2.05, 4.69) is 10.6 Å².